The van der Waals surface area contributed by atoms with Crippen LogP contribution in [0.3, 0.4) is 0 Å². The highest BCUT2D eigenvalue weighted by Gasteiger charge is 2.30. The molecule has 1 N–H and O–H groups in total. The Balaban J connectivity index is 1.59. The van der Waals surface area contributed by atoms with Crippen LogP contribution < -0.4 is 5.32 Å². The average Bonchev–Trinajstić information content (AvgIpc) is 3.17. The van der Waals surface area contributed by atoms with Gasteiger partial charge in [0.25, 0.3) is 0 Å². The Labute approximate surface area is 136 Å². The Morgan fingerprint density at radius 2 is 2.13 bits per heavy atom. The molecular formula is C14H23N5O3S. The van der Waals surface area contributed by atoms with Crippen LogP contribution in [0.2, 0.25) is 0 Å². The van der Waals surface area contributed by atoms with Gasteiger partial charge in [-0.25, -0.2) is 13.2 Å². The summed E-state index contributed by atoms with van der Waals surface area (Å²) in [4.78, 5) is 13.8. The Bertz CT molecular complexity index is 666. The first kappa shape index (κ1) is 16.3. The van der Waals surface area contributed by atoms with Gasteiger partial charge in [0.2, 0.25) is 10.0 Å². The average molecular weight is 341 g/mol. The third-order valence-electron chi connectivity index (χ3n) is 4.47. The summed E-state index contributed by atoms with van der Waals surface area (Å²) in [6.07, 6.45) is 5.70. The Morgan fingerprint density at radius 3 is 2.83 bits per heavy atom. The molecule has 1 aromatic heterocycles. The van der Waals surface area contributed by atoms with Crippen molar-refractivity contribution in [2.45, 2.75) is 31.8 Å². The molecule has 9 heteroatoms. The first-order chi connectivity index (χ1) is 10.9. The predicted octanol–water partition coefficient (Wildman–Crippen LogP) is 0.395. The molecule has 1 unspecified atom stereocenters. The normalized spacial score (nSPS) is 22.1. The molecule has 1 aromatic rings. The SMILES string of the molecule is CS(=O)(=O)N1Cc2ccnn2C(CCNC(=O)N2CCCC2)C1. The van der Waals surface area contributed by atoms with Crippen LogP contribution in [-0.2, 0) is 16.6 Å². The van der Waals surface area contributed by atoms with Gasteiger partial charge in [0.1, 0.15) is 0 Å². The molecule has 1 saturated heterocycles. The van der Waals surface area contributed by atoms with E-state index in [-0.39, 0.29) is 12.1 Å². The maximum atomic E-state index is 12.0. The summed E-state index contributed by atoms with van der Waals surface area (Å²) >= 11 is 0. The second-order valence-corrected chi connectivity index (χ2v) is 8.17. The monoisotopic (exact) mass is 341 g/mol. The number of carbonyl (C=O) groups is 1. The summed E-state index contributed by atoms with van der Waals surface area (Å²) in [5.41, 5.74) is 0.887. The third kappa shape index (κ3) is 3.66. The molecule has 0 bridgehead atoms. The zero-order valence-electron chi connectivity index (χ0n) is 13.3. The van der Waals surface area contributed by atoms with Gasteiger partial charge in [-0.15, -0.1) is 0 Å². The quantitative estimate of drug-likeness (QED) is 0.858. The molecule has 1 atom stereocenters. The van der Waals surface area contributed by atoms with Crippen LogP contribution in [0.15, 0.2) is 12.3 Å². The zero-order valence-corrected chi connectivity index (χ0v) is 14.1. The van der Waals surface area contributed by atoms with Gasteiger partial charge in [0.15, 0.2) is 0 Å². The number of nitrogens with one attached hydrogen (secondary N) is 1. The molecular weight excluding hydrogens is 318 g/mol. The lowest BCUT2D eigenvalue weighted by Gasteiger charge is -2.32. The predicted molar refractivity (Wildman–Crippen MR) is 85.3 cm³/mol. The zero-order chi connectivity index (χ0) is 16.4. The van der Waals surface area contributed by atoms with Gasteiger partial charge in [-0.2, -0.15) is 9.40 Å². The Kier molecular flexibility index (Phi) is 4.58. The molecule has 8 nitrogen and oxygen atoms in total. The first-order valence-corrected chi connectivity index (χ1v) is 9.80. The molecule has 23 heavy (non-hydrogen) atoms. The molecule has 0 saturated carbocycles. The molecule has 0 aliphatic carbocycles. The third-order valence-corrected chi connectivity index (χ3v) is 5.68. The van der Waals surface area contributed by atoms with Crippen LogP contribution >= 0.6 is 0 Å². The number of urea groups is 1. The number of amides is 2. The van der Waals surface area contributed by atoms with Crippen LogP contribution in [0, 0.1) is 0 Å². The standard InChI is InChI=1S/C14H23N5O3S/c1-23(21,22)18-10-12(19-13(11-18)5-7-16-19)4-6-15-14(20)17-8-2-3-9-17/h5,7,12H,2-4,6,8-11H2,1H3,(H,15,20). The van der Waals surface area contributed by atoms with Gasteiger partial charge in [-0.3, -0.25) is 4.68 Å². The van der Waals surface area contributed by atoms with Crippen LogP contribution in [0.4, 0.5) is 4.79 Å². The van der Waals surface area contributed by atoms with Gasteiger partial charge in [-0.05, 0) is 25.3 Å². The van der Waals surface area contributed by atoms with E-state index in [1.807, 2.05) is 15.6 Å². The molecule has 2 amide bonds. The number of hydrogen-bond acceptors (Lipinski definition) is 4. The summed E-state index contributed by atoms with van der Waals surface area (Å²) in [6.45, 7) is 2.90. The summed E-state index contributed by atoms with van der Waals surface area (Å²) < 4.78 is 27.0. The van der Waals surface area contributed by atoms with Crippen molar-refractivity contribution in [2.75, 3.05) is 32.4 Å². The van der Waals surface area contributed by atoms with E-state index in [1.54, 1.807) is 6.20 Å². The lowest BCUT2D eigenvalue weighted by atomic mass is 10.1. The number of hydrogen-bond donors (Lipinski definition) is 1. The van der Waals surface area contributed by atoms with Crippen molar-refractivity contribution in [2.24, 2.45) is 0 Å². The molecule has 1 fully saturated rings. The van der Waals surface area contributed by atoms with Crippen molar-refractivity contribution in [1.82, 2.24) is 24.3 Å². The number of likely N-dealkylation sites (tertiary alicyclic amines) is 1. The molecule has 2 aliphatic rings. The minimum atomic E-state index is -3.24. The fraction of sp³-hybridized carbons (Fsp3) is 0.714. The van der Waals surface area contributed by atoms with Gasteiger partial charge in [0.05, 0.1) is 24.5 Å². The van der Waals surface area contributed by atoms with Crippen molar-refractivity contribution in [3.63, 3.8) is 0 Å². The summed E-state index contributed by atoms with van der Waals surface area (Å²) in [7, 11) is -3.24. The van der Waals surface area contributed by atoms with Gasteiger partial charge < -0.3 is 10.2 Å². The number of carbonyl (C=O) groups excluding carboxylic acids is 1. The second-order valence-electron chi connectivity index (χ2n) is 6.19. The lowest BCUT2D eigenvalue weighted by Crippen LogP contribution is -2.43. The molecule has 0 radical (unpaired) electrons. The minimum absolute atomic E-state index is 0.0287. The molecule has 3 rings (SSSR count). The van der Waals surface area contributed by atoms with Crippen LogP contribution in [0.25, 0.3) is 0 Å². The second kappa shape index (κ2) is 6.48. The van der Waals surface area contributed by atoms with Crippen molar-refractivity contribution in [3.8, 4) is 0 Å². The largest absolute Gasteiger partial charge is 0.338 e. The molecule has 2 aliphatic heterocycles. The van der Waals surface area contributed by atoms with E-state index >= 15 is 0 Å². The highest BCUT2D eigenvalue weighted by atomic mass is 32.2. The van der Waals surface area contributed by atoms with Crippen LogP contribution in [-0.4, -0.2) is 65.9 Å². The molecule has 0 spiro atoms. The van der Waals surface area contributed by atoms with Gasteiger partial charge >= 0.3 is 6.03 Å². The number of nitrogens with zero attached hydrogens (tertiary/aromatic N) is 4. The van der Waals surface area contributed by atoms with Crippen LogP contribution in [0.5, 0.6) is 0 Å². The van der Waals surface area contributed by atoms with Crippen molar-refractivity contribution in [1.29, 1.82) is 0 Å². The summed E-state index contributed by atoms with van der Waals surface area (Å²) in [6, 6.07) is 1.76. The Morgan fingerprint density at radius 1 is 1.39 bits per heavy atom. The summed E-state index contributed by atoms with van der Waals surface area (Å²) in [5, 5.41) is 7.23. The molecule has 0 aromatic carbocycles. The first-order valence-electron chi connectivity index (χ1n) is 7.95. The van der Waals surface area contributed by atoms with E-state index in [0.717, 1.165) is 31.6 Å². The minimum Gasteiger partial charge on any atom is -0.338 e. The van der Waals surface area contributed by atoms with E-state index in [4.69, 9.17) is 0 Å². The van der Waals surface area contributed by atoms with Gasteiger partial charge in [-0.1, -0.05) is 0 Å². The molecule has 3 heterocycles. The molecule has 128 valence electrons. The van der Waals surface area contributed by atoms with E-state index < -0.39 is 10.0 Å². The maximum absolute atomic E-state index is 12.0. The number of rotatable bonds is 4. The van der Waals surface area contributed by atoms with Gasteiger partial charge in [0, 0.05) is 32.4 Å². The highest BCUT2D eigenvalue weighted by Crippen LogP contribution is 2.24. The number of sulfonamides is 1. The highest BCUT2D eigenvalue weighted by molar-refractivity contribution is 7.88. The van der Waals surface area contributed by atoms with Crippen molar-refractivity contribution >= 4 is 16.1 Å². The number of aromatic nitrogens is 2. The van der Waals surface area contributed by atoms with E-state index in [1.165, 1.54) is 10.6 Å². The topological polar surface area (TPSA) is 87.5 Å². The fourth-order valence-electron chi connectivity index (χ4n) is 3.20. The number of fused-ring (bicyclic) bond motifs is 1. The lowest BCUT2D eigenvalue weighted by molar-refractivity contribution is 0.205. The van der Waals surface area contributed by atoms with E-state index in [9.17, 15) is 13.2 Å². The maximum Gasteiger partial charge on any atom is 0.317 e. The van der Waals surface area contributed by atoms with E-state index in [2.05, 4.69) is 10.4 Å². The van der Waals surface area contributed by atoms with Crippen LogP contribution in [0.1, 0.15) is 31.0 Å². The van der Waals surface area contributed by atoms with Crippen molar-refractivity contribution in [3.05, 3.63) is 18.0 Å². The Hall–Kier alpha value is -1.61. The summed E-state index contributed by atoms with van der Waals surface area (Å²) in [5.74, 6) is 0. The van der Waals surface area contributed by atoms with Crippen molar-refractivity contribution < 1.29 is 13.2 Å². The fourth-order valence-corrected chi connectivity index (χ4v) is 4.01. The smallest absolute Gasteiger partial charge is 0.317 e. The van der Waals surface area contributed by atoms with E-state index in [0.29, 0.717) is 26.1 Å².